The zero-order chi connectivity index (χ0) is 21.3. The van der Waals surface area contributed by atoms with E-state index in [0.29, 0.717) is 36.4 Å². The van der Waals surface area contributed by atoms with Crippen LogP contribution < -0.4 is 4.90 Å². The number of rotatable bonds is 7. The standard InChI is InChI=1S/C24H25FN2O3/c1-16(2)30-15-5-13-27-23(28)21(18-8-10-19(25)11-9-18)22(24(27)29)26-14-12-17-6-3-4-7-20(17)26/h3-4,6-11,16H,5,12-15H2,1-2H3. The van der Waals surface area contributed by atoms with Crippen molar-refractivity contribution < 1.29 is 18.7 Å². The summed E-state index contributed by atoms with van der Waals surface area (Å²) in [4.78, 5) is 29.9. The predicted molar refractivity (Wildman–Crippen MR) is 113 cm³/mol. The predicted octanol–water partition coefficient (Wildman–Crippen LogP) is 3.78. The summed E-state index contributed by atoms with van der Waals surface area (Å²) < 4.78 is 19.0. The van der Waals surface area contributed by atoms with Crippen molar-refractivity contribution in [2.24, 2.45) is 0 Å². The van der Waals surface area contributed by atoms with Crippen LogP contribution in [0.2, 0.25) is 0 Å². The van der Waals surface area contributed by atoms with E-state index in [9.17, 15) is 14.0 Å². The van der Waals surface area contributed by atoms with E-state index in [1.807, 2.05) is 43.0 Å². The van der Waals surface area contributed by atoms with Crippen molar-refractivity contribution >= 4 is 23.1 Å². The number of hydrogen-bond donors (Lipinski definition) is 0. The van der Waals surface area contributed by atoms with Crippen LogP contribution in [-0.4, -0.2) is 42.5 Å². The summed E-state index contributed by atoms with van der Waals surface area (Å²) in [7, 11) is 0. The van der Waals surface area contributed by atoms with Crippen LogP contribution in [0, 0.1) is 5.82 Å². The number of anilines is 1. The lowest BCUT2D eigenvalue weighted by Gasteiger charge is -2.22. The summed E-state index contributed by atoms with van der Waals surface area (Å²) in [5.41, 5.74) is 3.35. The fourth-order valence-electron chi connectivity index (χ4n) is 4.01. The third kappa shape index (κ3) is 3.75. The van der Waals surface area contributed by atoms with Gasteiger partial charge in [-0.15, -0.1) is 0 Å². The maximum Gasteiger partial charge on any atom is 0.278 e. The summed E-state index contributed by atoms with van der Waals surface area (Å²) in [5, 5.41) is 0. The molecule has 0 aliphatic carbocycles. The van der Waals surface area contributed by atoms with Crippen LogP contribution in [0.4, 0.5) is 10.1 Å². The second kappa shape index (κ2) is 8.40. The highest BCUT2D eigenvalue weighted by molar-refractivity contribution is 6.36. The van der Waals surface area contributed by atoms with Crippen molar-refractivity contribution in [3.63, 3.8) is 0 Å². The molecule has 0 N–H and O–H groups in total. The molecule has 30 heavy (non-hydrogen) atoms. The molecule has 0 radical (unpaired) electrons. The minimum Gasteiger partial charge on any atom is -0.379 e. The summed E-state index contributed by atoms with van der Waals surface area (Å²) in [5.74, 6) is -1.03. The Morgan fingerprint density at radius 1 is 1.03 bits per heavy atom. The van der Waals surface area contributed by atoms with Crippen molar-refractivity contribution in [3.05, 3.63) is 71.2 Å². The molecule has 0 bridgehead atoms. The van der Waals surface area contributed by atoms with Gasteiger partial charge in [0.05, 0.1) is 11.7 Å². The van der Waals surface area contributed by atoms with Gasteiger partial charge in [-0.2, -0.15) is 0 Å². The number of para-hydroxylation sites is 1. The molecule has 2 aliphatic rings. The van der Waals surface area contributed by atoms with Crippen LogP contribution in [0.5, 0.6) is 0 Å². The summed E-state index contributed by atoms with van der Waals surface area (Å²) in [6.45, 7) is 5.28. The van der Waals surface area contributed by atoms with Gasteiger partial charge in [0.1, 0.15) is 11.5 Å². The molecule has 0 spiro atoms. The molecule has 0 saturated heterocycles. The number of nitrogens with zero attached hydrogens (tertiary/aromatic N) is 2. The molecule has 2 aromatic carbocycles. The molecule has 2 aliphatic heterocycles. The quantitative estimate of drug-likeness (QED) is 0.517. The minimum absolute atomic E-state index is 0.0968. The van der Waals surface area contributed by atoms with Crippen LogP contribution in [0.1, 0.15) is 31.4 Å². The summed E-state index contributed by atoms with van der Waals surface area (Å²) >= 11 is 0. The number of amides is 2. The van der Waals surface area contributed by atoms with E-state index in [1.165, 1.54) is 17.0 Å². The van der Waals surface area contributed by atoms with Crippen LogP contribution in [0.25, 0.3) is 5.57 Å². The zero-order valence-corrected chi connectivity index (χ0v) is 17.2. The first kappa shape index (κ1) is 20.3. The average Bonchev–Trinajstić information content (AvgIpc) is 3.25. The molecule has 6 heteroatoms. The normalized spacial score (nSPS) is 16.3. The van der Waals surface area contributed by atoms with E-state index in [1.54, 1.807) is 12.1 Å². The Labute approximate surface area is 175 Å². The highest BCUT2D eigenvalue weighted by atomic mass is 19.1. The molecule has 2 aromatic rings. The van der Waals surface area contributed by atoms with Crippen LogP contribution in [0.15, 0.2) is 54.2 Å². The SMILES string of the molecule is CC(C)OCCCN1C(=O)C(c2ccc(F)cc2)=C(N2CCc3ccccc32)C1=O. The number of carbonyl (C=O) groups excluding carboxylic acids is 2. The molecular formula is C24H25FN2O3. The molecule has 156 valence electrons. The summed E-state index contributed by atoms with van der Waals surface area (Å²) in [6, 6.07) is 13.7. The topological polar surface area (TPSA) is 49.9 Å². The van der Waals surface area contributed by atoms with Gasteiger partial charge in [-0.25, -0.2) is 4.39 Å². The van der Waals surface area contributed by atoms with Crippen molar-refractivity contribution in [1.82, 2.24) is 4.90 Å². The van der Waals surface area contributed by atoms with Crippen molar-refractivity contribution in [1.29, 1.82) is 0 Å². The third-order valence-corrected chi connectivity index (χ3v) is 5.41. The van der Waals surface area contributed by atoms with E-state index in [4.69, 9.17) is 4.74 Å². The first-order chi connectivity index (χ1) is 14.5. The van der Waals surface area contributed by atoms with Crippen molar-refractivity contribution in [3.8, 4) is 0 Å². The molecule has 0 aromatic heterocycles. The second-order valence-corrected chi connectivity index (χ2v) is 7.80. The molecule has 0 saturated carbocycles. The van der Waals surface area contributed by atoms with Gasteiger partial charge in [-0.3, -0.25) is 14.5 Å². The molecule has 0 atom stereocenters. The Hall–Kier alpha value is -2.99. The van der Waals surface area contributed by atoms with E-state index in [0.717, 1.165) is 17.7 Å². The van der Waals surface area contributed by atoms with E-state index in [2.05, 4.69) is 0 Å². The zero-order valence-electron chi connectivity index (χ0n) is 17.2. The fraction of sp³-hybridized carbons (Fsp3) is 0.333. The Morgan fingerprint density at radius 3 is 2.50 bits per heavy atom. The largest absolute Gasteiger partial charge is 0.379 e. The van der Waals surface area contributed by atoms with Crippen molar-refractivity contribution in [2.45, 2.75) is 32.8 Å². The third-order valence-electron chi connectivity index (χ3n) is 5.41. The first-order valence-corrected chi connectivity index (χ1v) is 10.3. The van der Waals surface area contributed by atoms with Gasteiger partial charge in [0.15, 0.2) is 0 Å². The lowest BCUT2D eigenvalue weighted by Crippen LogP contribution is -2.36. The van der Waals surface area contributed by atoms with Gasteiger partial charge in [0.25, 0.3) is 11.8 Å². The Bertz CT molecular complexity index is 998. The van der Waals surface area contributed by atoms with Gasteiger partial charge in [0.2, 0.25) is 0 Å². The summed E-state index contributed by atoms with van der Waals surface area (Å²) in [6.07, 6.45) is 1.47. The van der Waals surface area contributed by atoms with E-state index < -0.39 is 0 Å². The number of fused-ring (bicyclic) bond motifs is 1. The maximum atomic E-state index is 13.5. The Kier molecular flexibility index (Phi) is 5.68. The second-order valence-electron chi connectivity index (χ2n) is 7.80. The highest BCUT2D eigenvalue weighted by Crippen LogP contribution is 2.38. The Balaban J connectivity index is 1.69. The molecule has 0 unspecified atom stereocenters. The van der Waals surface area contributed by atoms with Gasteiger partial charge >= 0.3 is 0 Å². The molecule has 5 nitrogen and oxygen atoms in total. The van der Waals surface area contributed by atoms with Crippen LogP contribution >= 0.6 is 0 Å². The van der Waals surface area contributed by atoms with Gasteiger partial charge in [-0.1, -0.05) is 30.3 Å². The van der Waals surface area contributed by atoms with Gasteiger partial charge in [0, 0.05) is 25.4 Å². The highest BCUT2D eigenvalue weighted by Gasteiger charge is 2.42. The monoisotopic (exact) mass is 408 g/mol. The number of ether oxygens (including phenoxy) is 1. The number of halogens is 1. The first-order valence-electron chi connectivity index (χ1n) is 10.3. The lowest BCUT2D eigenvalue weighted by molar-refractivity contribution is -0.137. The number of carbonyl (C=O) groups is 2. The number of imide groups is 1. The molecule has 4 rings (SSSR count). The maximum absolute atomic E-state index is 13.5. The smallest absolute Gasteiger partial charge is 0.278 e. The minimum atomic E-state index is -0.383. The molecular weight excluding hydrogens is 383 g/mol. The lowest BCUT2D eigenvalue weighted by atomic mass is 10.0. The van der Waals surface area contributed by atoms with Gasteiger partial charge < -0.3 is 9.64 Å². The number of hydrogen-bond acceptors (Lipinski definition) is 4. The van der Waals surface area contributed by atoms with Gasteiger partial charge in [-0.05, 0) is 56.0 Å². The molecule has 2 heterocycles. The van der Waals surface area contributed by atoms with Crippen molar-refractivity contribution in [2.75, 3.05) is 24.6 Å². The fourth-order valence-corrected chi connectivity index (χ4v) is 4.01. The Morgan fingerprint density at radius 2 is 1.77 bits per heavy atom. The average molecular weight is 408 g/mol. The van der Waals surface area contributed by atoms with E-state index >= 15 is 0 Å². The van der Waals surface area contributed by atoms with Crippen LogP contribution in [0.3, 0.4) is 0 Å². The van der Waals surface area contributed by atoms with E-state index in [-0.39, 0.29) is 30.3 Å². The molecule has 2 amide bonds. The number of benzene rings is 2. The molecule has 0 fully saturated rings. The van der Waals surface area contributed by atoms with Crippen LogP contribution in [-0.2, 0) is 20.7 Å².